The summed E-state index contributed by atoms with van der Waals surface area (Å²) in [6, 6.07) is 12.1. The molecule has 2 aromatic carbocycles. The van der Waals surface area contributed by atoms with Gasteiger partial charge in [0, 0.05) is 16.3 Å². The number of carboxylic acids is 1. The molecule has 0 saturated heterocycles. The first-order valence-electron chi connectivity index (χ1n) is 7.69. The molecular weight excluding hydrogens is 383 g/mol. The van der Waals surface area contributed by atoms with Crippen LogP contribution in [0.3, 0.4) is 0 Å². The Labute approximate surface area is 157 Å². The van der Waals surface area contributed by atoms with E-state index in [0.29, 0.717) is 16.3 Å². The van der Waals surface area contributed by atoms with Crippen LogP contribution in [0.5, 0.6) is 5.75 Å². The van der Waals surface area contributed by atoms with Crippen molar-refractivity contribution in [3.63, 3.8) is 0 Å². The van der Waals surface area contributed by atoms with Crippen LogP contribution in [-0.4, -0.2) is 22.8 Å². The van der Waals surface area contributed by atoms with Gasteiger partial charge in [-0.05, 0) is 48.5 Å². The van der Waals surface area contributed by atoms with E-state index >= 15 is 0 Å². The fourth-order valence-corrected chi connectivity index (χ4v) is 2.98. The summed E-state index contributed by atoms with van der Waals surface area (Å²) in [5.74, 6) is -0.902. The highest BCUT2D eigenvalue weighted by Crippen LogP contribution is 2.40. The van der Waals surface area contributed by atoms with Crippen LogP contribution in [0.4, 0.5) is 13.2 Å². The molecule has 8 heteroatoms. The number of methoxy groups -OCH3 is 1. The topological polar surface area (TPSA) is 51.5 Å². The average molecular weight is 396 g/mol. The Morgan fingerprint density at radius 3 is 2.48 bits per heavy atom. The molecule has 0 aliphatic carbocycles. The maximum absolute atomic E-state index is 13.6. The summed E-state index contributed by atoms with van der Waals surface area (Å²) in [5, 5.41) is 9.50. The first kappa shape index (κ1) is 18.8. The zero-order chi connectivity index (χ0) is 19.8. The second kappa shape index (κ2) is 7.00. The molecule has 0 spiro atoms. The molecule has 0 fully saturated rings. The number of carbonyl (C=O) groups is 1. The molecule has 0 atom stereocenters. The molecule has 0 unspecified atom stereocenters. The van der Waals surface area contributed by atoms with Crippen molar-refractivity contribution in [3.05, 3.63) is 70.9 Å². The smallest absolute Gasteiger partial charge is 0.431 e. The zero-order valence-electron chi connectivity index (χ0n) is 13.9. The number of aromatic carboxylic acids is 1. The number of alkyl halides is 3. The first-order chi connectivity index (χ1) is 12.7. The lowest BCUT2D eigenvalue weighted by Crippen LogP contribution is -2.13. The zero-order valence-corrected chi connectivity index (χ0v) is 14.7. The lowest BCUT2D eigenvalue weighted by molar-refractivity contribution is -0.142. The minimum Gasteiger partial charge on any atom is -0.496 e. The number of benzene rings is 2. The standard InChI is InChI=1S/C19H13ClF3NO3/c1-27-16-7-5-12(20)10-14(16)15-6-8-17(19(21,22)23)24(15)13-4-2-3-11(9-13)18(25)26/h2-10H,1H3,(H,25,26). The molecule has 0 amide bonds. The van der Waals surface area contributed by atoms with Crippen LogP contribution >= 0.6 is 11.6 Å². The third-order valence-electron chi connectivity index (χ3n) is 3.96. The van der Waals surface area contributed by atoms with E-state index in [2.05, 4.69) is 0 Å². The van der Waals surface area contributed by atoms with Crippen molar-refractivity contribution in [1.29, 1.82) is 0 Å². The number of hydrogen-bond donors (Lipinski definition) is 1. The molecule has 3 rings (SSSR count). The summed E-state index contributed by atoms with van der Waals surface area (Å²) in [6.45, 7) is 0. The molecule has 0 saturated carbocycles. The number of aromatic nitrogens is 1. The maximum atomic E-state index is 13.6. The third kappa shape index (κ3) is 3.64. The number of hydrogen-bond acceptors (Lipinski definition) is 2. The quantitative estimate of drug-likeness (QED) is 0.632. The molecule has 1 heterocycles. The lowest BCUT2D eigenvalue weighted by atomic mass is 10.1. The van der Waals surface area contributed by atoms with E-state index in [1.165, 1.54) is 43.5 Å². The van der Waals surface area contributed by atoms with Gasteiger partial charge in [0.15, 0.2) is 0 Å². The van der Waals surface area contributed by atoms with E-state index in [1.54, 1.807) is 12.1 Å². The predicted molar refractivity (Wildman–Crippen MR) is 94.7 cm³/mol. The monoisotopic (exact) mass is 395 g/mol. The van der Waals surface area contributed by atoms with E-state index in [-0.39, 0.29) is 16.9 Å². The molecular formula is C19H13ClF3NO3. The van der Waals surface area contributed by atoms with Crippen LogP contribution < -0.4 is 4.74 Å². The molecule has 0 bridgehead atoms. The van der Waals surface area contributed by atoms with Crippen molar-refractivity contribution in [2.75, 3.05) is 7.11 Å². The normalized spacial score (nSPS) is 11.4. The van der Waals surface area contributed by atoms with Gasteiger partial charge in [0.05, 0.1) is 18.4 Å². The predicted octanol–water partition coefficient (Wildman–Crippen LogP) is 5.52. The Morgan fingerprint density at radius 1 is 1.11 bits per heavy atom. The van der Waals surface area contributed by atoms with Gasteiger partial charge in [0.1, 0.15) is 11.4 Å². The van der Waals surface area contributed by atoms with E-state index in [4.69, 9.17) is 16.3 Å². The van der Waals surface area contributed by atoms with Gasteiger partial charge in [-0.2, -0.15) is 13.2 Å². The molecule has 1 N–H and O–H groups in total. The fourth-order valence-electron chi connectivity index (χ4n) is 2.80. The van der Waals surface area contributed by atoms with Crippen molar-refractivity contribution in [3.8, 4) is 22.7 Å². The van der Waals surface area contributed by atoms with Gasteiger partial charge >= 0.3 is 12.1 Å². The van der Waals surface area contributed by atoms with Crippen molar-refractivity contribution < 1.29 is 27.8 Å². The van der Waals surface area contributed by atoms with Crippen LogP contribution in [0.1, 0.15) is 16.1 Å². The molecule has 0 radical (unpaired) electrons. The summed E-state index contributed by atoms with van der Waals surface area (Å²) in [5.41, 5.74) is -0.491. The maximum Gasteiger partial charge on any atom is 0.431 e. The minimum absolute atomic E-state index is 0.0595. The number of rotatable bonds is 4. The van der Waals surface area contributed by atoms with Crippen LogP contribution in [-0.2, 0) is 6.18 Å². The van der Waals surface area contributed by atoms with Gasteiger partial charge in [-0.15, -0.1) is 0 Å². The summed E-state index contributed by atoms with van der Waals surface area (Å²) in [7, 11) is 1.40. The minimum atomic E-state index is -4.65. The van der Waals surface area contributed by atoms with Crippen LogP contribution in [0, 0.1) is 0 Å². The Hall–Kier alpha value is -2.93. The van der Waals surface area contributed by atoms with E-state index < -0.39 is 17.8 Å². The highest BCUT2D eigenvalue weighted by atomic mass is 35.5. The molecule has 3 aromatic rings. The molecule has 4 nitrogen and oxygen atoms in total. The van der Waals surface area contributed by atoms with Crippen LogP contribution in [0.15, 0.2) is 54.6 Å². The second-order valence-electron chi connectivity index (χ2n) is 5.64. The number of carboxylic acid groups (broad SMARTS) is 1. The van der Waals surface area contributed by atoms with Gasteiger partial charge in [0.25, 0.3) is 0 Å². The molecule has 1 aromatic heterocycles. The Bertz CT molecular complexity index is 1010. The van der Waals surface area contributed by atoms with E-state index in [9.17, 15) is 23.1 Å². The molecule has 27 heavy (non-hydrogen) atoms. The highest BCUT2D eigenvalue weighted by molar-refractivity contribution is 6.31. The SMILES string of the molecule is COc1ccc(Cl)cc1-c1ccc(C(F)(F)F)n1-c1cccc(C(=O)O)c1. The Kier molecular flexibility index (Phi) is 4.89. The Morgan fingerprint density at radius 2 is 1.85 bits per heavy atom. The van der Waals surface area contributed by atoms with Crippen molar-refractivity contribution >= 4 is 17.6 Å². The molecule has 140 valence electrons. The van der Waals surface area contributed by atoms with E-state index in [0.717, 1.165) is 10.6 Å². The van der Waals surface area contributed by atoms with Gasteiger partial charge in [-0.25, -0.2) is 4.79 Å². The summed E-state index contributed by atoms with van der Waals surface area (Å²) in [4.78, 5) is 11.2. The summed E-state index contributed by atoms with van der Waals surface area (Å²) >= 11 is 6.02. The van der Waals surface area contributed by atoms with E-state index in [1.807, 2.05) is 0 Å². The Balaban J connectivity index is 2.33. The molecule has 0 aliphatic heterocycles. The van der Waals surface area contributed by atoms with Crippen molar-refractivity contribution in [2.45, 2.75) is 6.18 Å². The van der Waals surface area contributed by atoms with Gasteiger partial charge in [-0.3, -0.25) is 0 Å². The second-order valence-corrected chi connectivity index (χ2v) is 6.07. The number of ether oxygens (including phenoxy) is 1. The fraction of sp³-hybridized carbons (Fsp3) is 0.105. The van der Waals surface area contributed by atoms with Gasteiger partial charge in [0.2, 0.25) is 0 Å². The number of nitrogens with zero attached hydrogens (tertiary/aromatic N) is 1. The third-order valence-corrected chi connectivity index (χ3v) is 4.20. The summed E-state index contributed by atoms with van der Waals surface area (Å²) in [6.07, 6.45) is -4.65. The van der Waals surface area contributed by atoms with Gasteiger partial charge in [-0.1, -0.05) is 17.7 Å². The van der Waals surface area contributed by atoms with Gasteiger partial charge < -0.3 is 14.4 Å². The van der Waals surface area contributed by atoms with Crippen molar-refractivity contribution in [1.82, 2.24) is 4.57 Å². The lowest BCUT2D eigenvalue weighted by Gasteiger charge is -2.17. The first-order valence-corrected chi connectivity index (χ1v) is 8.06. The largest absolute Gasteiger partial charge is 0.496 e. The summed E-state index contributed by atoms with van der Waals surface area (Å²) < 4.78 is 47.0. The average Bonchev–Trinajstić information content (AvgIpc) is 3.07. The van der Waals surface area contributed by atoms with Crippen LogP contribution in [0.25, 0.3) is 16.9 Å². The number of halogens is 4. The highest BCUT2D eigenvalue weighted by Gasteiger charge is 2.36. The van der Waals surface area contributed by atoms with Crippen molar-refractivity contribution in [2.24, 2.45) is 0 Å². The molecule has 0 aliphatic rings. The van der Waals surface area contributed by atoms with Crippen LogP contribution in [0.2, 0.25) is 5.02 Å².